The van der Waals surface area contributed by atoms with Crippen LogP contribution in [0.1, 0.15) is 22.8 Å². The summed E-state index contributed by atoms with van der Waals surface area (Å²) in [5, 5.41) is 8.94. The van der Waals surface area contributed by atoms with Gasteiger partial charge in [0.1, 0.15) is 11.7 Å². The predicted octanol–water partition coefficient (Wildman–Crippen LogP) is 2.38. The molecule has 3 rings (SSSR count). The molecule has 1 fully saturated rings. The molecule has 115 valence electrons. The maximum Gasteiger partial charge on any atom is 0.387 e. The average Bonchev–Trinajstić information content (AvgIpc) is 3.16. The predicted molar refractivity (Wildman–Crippen MR) is 69.2 cm³/mol. The van der Waals surface area contributed by atoms with Gasteiger partial charge in [-0.15, -0.1) is 0 Å². The smallest absolute Gasteiger partial charge is 0.387 e. The molecule has 5 nitrogen and oxygen atoms in total. The Labute approximate surface area is 121 Å². The van der Waals surface area contributed by atoms with Gasteiger partial charge in [-0.05, 0) is 12.1 Å². The minimum atomic E-state index is -3.15. The molecule has 1 aromatic heterocycles. The van der Waals surface area contributed by atoms with Gasteiger partial charge in [0.25, 0.3) is 0 Å². The highest BCUT2D eigenvalue weighted by atomic mass is 19.3. The molecule has 0 amide bonds. The molecule has 1 saturated carbocycles. The summed E-state index contributed by atoms with van der Waals surface area (Å²) in [6.07, 6.45) is -0.157. The molecule has 1 heterocycles. The van der Waals surface area contributed by atoms with Crippen LogP contribution in [0.2, 0.25) is 0 Å². The van der Waals surface area contributed by atoms with E-state index in [1.807, 2.05) is 0 Å². The molecule has 0 unspecified atom stereocenters. The van der Waals surface area contributed by atoms with Crippen molar-refractivity contribution in [1.29, 1.82) is 0 Å². The third kappa shape index (κ3) is 2.30. The van der Waals surface area contributed by atoms with Crippen molar-refractivity contribution in [3.8, 4) is 5.75 Å². The summed E-state index contributed by atoms with van der Waals surface area (Å²) in [4.78, 5) is 23.3. The Morgan fingerprint density at radius 1 is 1.50 bits per heavy atom. The van der Waals surface area contributed by atoms with Gasteiger partial charge in [0.05, 0.1) is 16.9 Å². The van der Waals surface area contributed by atoms with E-state index >= 15 is 0 Å². The van der Waals surface area contributed by atoms with Crippen LogP contribution in [0.3, 0.4) is 0 Å². The van der Waals surface area contributed by atoms with Gasteiger partial charge in [-0.3, -0.25) is 4.79 Å². The number of pyridine rings is 1. The highest BCUT2D eigenvalue weighted by molar-refractivity contribution is 5.94. The number of benzene rings is 1. The summed E-state index contributed by atoms with van der Waals surface area (Å²) in [7, 11) is 0. The fourth-order valence-electron chi connectivity index (χ4n) is 2.35. The zero-order valence-electron chi connectivity index (χ0n) is 10.9. The Morgan fingerprint density at radius 3 is 2.73 bits per heavy atom. The highest BCUT2D eigenvalue weighted by Crippen LogP contribution is 2.42. The zero-order valence-corrected chi connectivity index (χ0v) is 10.9. The number of halogens is 3. The second-order valence-corrected chi connectivity index (χ2v) is 4.85. The van der Waals surface area contributed by atoms with Crippen LogP contribution in [0.15, 0.2) is 23.1 Å². The number of carboxylic acid groups (broad SMARTS) is 1. The maximum atomic E-state index is 13.4. The first kappa shape index (κ1) is 14.4. The van der Waals surface area contributed by atoms with E-state index in [0.29, 0.717) is 0 Å². The number of aromatic carboxylic acids is 1. The number of ether oxygens (including phenoxy) is 1. The third-order valence-corrected chi connectivity index (χ3v) is 3.43. The number of rotatable bonds is 4. The maximum absolute atomic E-state index is 13.4. The van der Waals surface area contributed by atoms with Crippen molar-refractivity contribution in [1.82, 2.24) is 4.57 Å². The van der Waals surface area contributed by atoms with Crippen LogP contribution in [0, 0.1) is 6.07 Å². The number of hydrogen-bond acceptors (Lipinski definition) is 3. The Balaban J connectivity index is 2.34. The van der Waals surface area contributed by atoms with Gasteiger partial charge >= 0.3 is 12.6 Å². The number of hydrogen-bond donors (Lipinski definition) is 1. The van der Waals surface area contributed by atoms with Crippen molar-refractivity contribution in [2.24, 2.45) is 0 Å². The Morgan fingerprint density at radius 2 is 2.18 bits per heavy atom. The Hall–Kier alpha value is -2.51. The van der Waals surface area contributed by atoms with Crippen LogP contribution < -0.4 is 10.2 Å². The van der Waals surface area contributed by atoms with E-state index in [4.69, 9.17) is 5.11 Å². The van der Waals surface area contributed by atoms with Crippen molar-refractivity contribution in [3.05, 3.63) is 40.2 Å². The molecule has 0 saturated heterocycles. The molecule has 0 spiro atoms. The van der Waals surface area contributed by atoms with Gasteiger partial charge in [0.2, 0.25) is 5.43 Å². The monoisotopic (exact) mass is 312 g/mol. The number of aromatic nitrogens is 1. The lowest BCUT2D eigenvalue weighted by Gasteiger charge is -2.15. The normalized spacial score (nSPS) is 20.4. The summed E-state index contributed by atoms with van der Waals surface area (Å²) < 4.78 is 43.8. The third-order valence-electron chi connectivity index (χ3n) is 3.43. The van der Waals surface area contributed by atoms with Crippen molar-refractivity contribution in [2.75, 3.05) is 0 Å². The molecule has 1 aliphatic carbocycles. The molecular weight excluding hydrogens is 303 g/mol. The van der Waals surface area contributed by atoms with Gasteiger partial charge in [-0.1, -0.05) is 0 Å². The molecule has 2 atom stereocenters. The average molecular weight is 312 g/mol. The largest absolute Gasteiger partial charge is 0.477 e. The minimum absolute atomic E-state index is 0.0806. The second kappa shape index (κ2) is 5.04. The highest BCUT2D eigenvalue weighted by Gasteiger charge is 2.40. The first-order valence-corrected chi connectivity index (χ1v) is 6.32. The fourth-order valence-corrected chi connectivity index (χ4v) is 2.35. The second-order valence-electron chi connectivity index (χ2n) is 4.85. The number of alkyl halides is 3. The molecule has 1 aliphatic rings. The van der Waals surface area contributed by atoms with Crippen LogP contribution in [0.25, 0.3) is 10.9 Å². The molecule has 0 bridgehead atoms. The molecule has 22 heavy (non-hydrogen) atoms. The van der Waals surface area contributed by atoms with E-state index in [9.17, 15) is 22.8 Å². The first-order chi connectivity index (χ1) is 10.4. The van der Waals surface area contributed by atoms with Crippen LogP contribution in [0.4, 0.5) is 13.2 Å². The summed E-state index contributed by atoms with van der Waals surface area (Å²) in [5.41, 5.74) is -1.48. The van der Waals surface area contributed by atoms with Gasteiger partial charge in [0.15, 0.2) is 5.75 Å². The molecule has 1 radical (unpaired) electrons. The number of nitrogens with zero attached hydrogens (tertiary/aromatic N) is 1. The van der Waals surface area contributed by atoms with E-state index in [-0.39, 0.29) is 17.3 Å². The van der Waals surface area contributed by atoms with Crippen molar-refractivity contribution in [3.63, 3.8) is 0 Å². The van der Waals surface area contributed by atoms with Crippen molar-refractivity contribution >= 4 is 16.9 Å². The minimum Gasteiger partial charge on any atom is -0.477 e. The van der Waals surface area contributed by atoms with E-state index < -0.39 is 41.5 Å². The number of carbonyl (C=O) groups is 1. The van der Waals surface area contributed by atoms with E-state index in [1.54, 1.807) is 0 Å². The van der Waals surface area contributed by atoms with E-state index in [1.165, 1.54) is 16.7 Å². The summed E-state index contributed by atoms with van der Waals surface area (Å²) in [6, 6.07) is 4.14. The van der Waals surface area contributed by atoms with Gasteiger partial charge in [0, 0.05) is 18.7 Å². The summed E-state index contributed by atoms with van der Waals surface area (Å²) >= 11 is 0. The lowest BCUT2D eigenvalue weighted by Crippen LogP contribution is -2.19. The topological polar surface area (TPSA) is 68.5 Å². The molecule has 8 heteroatoms. The van der Waals surface area contributed by atoms with E-state index in [2.05, 4.69) is 10.8 Å². The standard InChI is InChI=1S/C14H9F3NO4/c15-8-4-9(8)18-5-7(13(20)21)12(19)6-2-1-3-10(11(6)18)22-14(16)17/h1-2,5,8-9,14H,4H2,(H,20,21)/t8-,9-/m1/s1. The number of carboxylic acids is 1. The van der Waals surface area contributed by atoms with Crippen LogP contribution in [-0.4, -0.2) is 28.4 Å². The van der Waals surface area contributed by atoms with E-state index in [0.717, 1.165) is 6.20 Å². The Kier molecular flexibility index (Phi) is 3.31. The first-order valence-electron chi connectivity index (χ1n) is 6.32. The lowest BCUT2D eigenvalue weighted by atomic mass is 10.1. The van der Waals surface area contributed by atoms with Gasteiger partial charge < -0.3 is 14.4 Å². The quantitative estimate of drug-likeness (QED) is 0.941. The molecular formula is C14H9F3NO4. The molecule has 1 aromatic carbocycles. The molecule has 1 N–H and O–H groups in total. The molecule has 2 aromatic rings. The van der Waals surface area contributed by atoms with Crippen molar-refractivity contribution in [2.45, 2.75) is 25.2 Å². The Bertz CT molecular complexity index is 818. The fraction of sp³-hybridized carbons (Fsp3) is 0.286. The SMILES string of the molecule is O=C(O)c1cn([C@@H]2C[C@H]2F)c2c(OC(F)F)[c]ccc2c1=O. The van der Waals surface area contributed by atoms with Gasteiger partial charge in [-0.25, -0.2) is 9.18 Å². The summed E-state index contributed by atoms with van der Waals surface area (Å²) in [5.74, 6) is -1.89. The van der Waals surface area contributed by atoms with Crippen LogP contribution in [0.5, 0.6) is 5.75 Å². The van der Waals surface area contributed by atoms with Crippen LogP contribution >= 0.6 is 0 Å². The van der Waals surface area contributed by atoms with Gasteiger partial charge in [-0.2, -0.15) is 8.78 Å². The van der Waals surface area contributed by atoms with Crippen LogP contribution in [-0.2, 0) is 0 Å². The lowest BCUT2D eigenvalue weighted by molar-refractivity contribution is -0.0492. The zero-order chi connectivity index (χ0) is 16.0. The molecule has 0 aliphatic heterocycles. The summed E-state index contributed by atoms with van der Waals surface area (Å²) in [6.45, 7) is -3.15. The van der Waals surface area contributed by atoms with Crippen molar-refractivity contribution < 1.29 is 27.8 Å². The number of fused-ring (bicyclic) bond motifs is 1.